The van der Waals surface area contributed by atoms with Crippen LogP contribution in [0.25, 0.3) is 0 Å². The molecule has 2 aromatic heterocycles. The smallest absolute Gasteiger partial charge is 0.266 e. The Morgan fingerprint density at radius 2 is 2.29 bits per heavy atom. The number of nitrogens with zero attached hydrogens (tertiary/aromatic N) is 2. The molecule has 1 saturated heterocycles. The first-order chi connectivity index (χ1) is 9.97. The van der Waals surface area contributed by atoms with Crippen LogP contribution in [0.4, 0.5) is 0 Å². The maximum atomic E-state index is 12.8. The summed E-state index contributed by atoms with van der Waals surface area (Å²) in [6.45, 7) is 7.19. The SMILES string of the molecule is CC(C)(C)c1ncc(C(=O)N2CCC[C@H]2c2ccc[nH]2)s1. The van der Waals surface area contributed by atoms with Crippen molar-refractivity contribution in [3.05, 3.63) is 40.1 Å². The predicted octanol–water partition coefficient (Wildman–Crippen LogP) is 3.75. The summed E-state index contributed by atoms with van der Waals surface area (Å²) in [6.07, 6.45) is 5.73. The summed E-state index contributed by atoms with van der Waals surface area (Å²) in [6, 6.07) is 4.22. The lowest BCUT2D eigenvalue weighted by atomic mass is 9.98. The molecule has 5 heteroatoms. The van der Waals surface area contributed by atoms with Gasteiger partial charge in [-0.05, 0) is 25.0 Å². The maximum Gasteiger partial charge on any atom is 0.266 e. The van der Waals surface area contributed by atoms with E-state index in [0.717, 1.165) is 35.0 Å². The normalized spacial score (nSPS) is 19.2. The summed E-state index contributed by atoms with van der Waals surface area (Å²) in [5.74, 6) is 0.111. The van der Waals surface area contributed by atoms with E-state index in [1.54, 1.807) is 6.20 Å². The number of rotatable bonds is 2. The minimum Gasteiger partial charge on any atom is -0.363 e. The van der Waals surface area contributed by atoms with Crippen molar-refractivity contribution in [1.82, 2.24) is 14.9 Å². The van der Waals surface area contributed by atoms with Crippen LogP contribution < -0.4 is 0 Å². The molecule has 0 unspecified atom stereocenters. The van der Waals surface area contributed by atoms with E-state index in [2.05, 4.69) is 36.8 Å². The number of aromatic nitrogens is 2. The molecule has 0 saturated carbocycles. The fourth-order valence-corrected chi connectivity index (χ4v) is 3.68. The number of likely N-dealkylation sites (tertiary alicyclic amines) is 1. The van der Waals surface area contributed by atoms with Crippen molar-refractivity contribution in [3.8, 4) is 0 Å². The molecule has 3 rings (SSSR count). The number of H-pyrrole nitrogens is 1. The molecule has 0 radical (unpaired) electrons. The molecule has 1 aliphatic rings. The fraction of sp³-hybridized carbons (Fsp3) is 0.500. The summed E-state index contributed by atoms with van der Waals surface area (Å²) in [4.78, 5) is 23.2. The summed E-state index contributed by atoms with van der Waals surface area (Å²) >= 11 is 1.52. The van der Waals surface area contributed by atoms with E-state index < -0.39 is 0 Å². The zero-order valence-corrected chi connectivity index (χ0v) is 13.5. The second kappa shape index (κ2) is 5.30. The average molecular weight is 303 g/mol. The number of carbonyl (C=O) groups excluding carboxylic acids is 1. The number of thiazole rings is 1. The van der Waals surface area contributed by atoms with Crippen LogP contribution >= 0.6 is 11.3 Å². The fourth-order valence-electron chi connectivity index (χ4n) is 2.75. The number of amides is 1. The number of aromatic amines is 1. The third-order valence-electron chi connectivity index (χ3n) is 3.85. The van der Waals surface area contributed by atoms with Crippen LogP contribution in [0.15, 0.2) is 24.5 Å². The van der Waals surface area contributed by atoms with Gasteiger partial charge in [-0.25, -0.2) is 4.98 Å². The standard InChI is InChI=1S/C16H21N3OS/c1-16(2,3)15-18-10-13(21-15)14(20)19-9-5-7-12(19)11-6-4-8-17-11/h4,6,8,10,12,17H,5,7,9H2,1-3H3/t12-/m0/s1. The minimum absolute atomic E-state index is 0.00688. The first kappa shape index (κ1) is 14.3. The lowest BCUT2D eigenvalue weighted by Crippen LogP contribution is -2.30. The van der Waals surface area contributed by atoms with E-state index in [9.17, 15) is 4.79 Å². The van der Waals surface area contributed by atoms with Gasteiger partial charge in [-0.1, -0.05) is 20.8 Å². The lowest BCUT2D eigenvalue weighted by molar-refractivity contribution is 0.0738. The molecule has 0 spiro atoms. The highest BCUT2D eigenvalue weighted by Crippen LogP contribution is 2.34. The molecule has 0 aliphatic carbocycles. The van der Waals surface area contributed by atoms with Crippen molar-refractivity contribution >= 4 is 17.2 Å². The van der Waals surface area contributed by atoms with Gasteiger partial charge < -0.3 is 9.88 Å². The van der Waals surface area contributed by atoms with Gasteiger partial charge in [0.1, 0.15) is 4.88 Å². The molecule has 2 aromatic rings. The molecule has 1 atom stereocenters. The zero-order chi connectivity index (χ0) is 15.0. The molecule has 112 valence electrons. The highest BCUT2D eigenvalue weighted by Gasteiger charge is 2.32. The maximum absolute atomic E-state index is 12.8. The van der Waals surface area contributed by atoms with Crippen molar-refractivity contribution in [2.24, 2.45) is 0 Å². The van der Waals surface area contributed by atoms with Crippen molar-refractivity contribution in [3.63, 3.8) is 0 Å². The van der Waals surface area contributed by atoms with Crippen LogP contribution in [0.1, 0.15) is 60.0 Å². The average Bonchev–Trinajstić information content (AvgIpc) is 3.16. The molecule has 4 nitrogen and oxygen atoms in total. The quantitative estimate of drug-likeness (QED) is 0.918. The molecule has 1 fully saturated rings. The molecule has 3 heterocycles. The first-order valence-corrected chi connectivity index (χ1v) is 8.19. The van der Waals surface area contributed by atoms with Gasteiger partial charge in [-0.3, -0.25) is 4.79 Å². The van der Waals surface area contributed by atoms with Gasteiger partial charge in [-0.15, -0.1) is 11.3 Å². The number of carbonyl (C=O) groups is 1. The molecule has 0 aromatic carbocycles. The van der Waals surface area contributed by atoms with E-state index in [-0.39, 0.29) is 17.4 Å². The predicted molar refractivity (Wildman–Crippen MR) is 84.6 cm³/mol. The van der Waals surface area contributed by atoms with Gasteiger partial charge in [0, 0.05) is 23.9 Å². The summed E-state index contributed by atoms with van der Waals surface area (Å²) in [7, 11) is 0. The van der Waals surface area contributed by atoms with Crippen LogP contribution in [0.3, 0.4) is 0 Å². The molecular weight excluding hydrogens is 282 g/mol. The Morgan fingerprint density at radius 1 is 1.48 bits per heavy atom. The Bertz CT molecular complexity index is 624. The van der Waals surface area contributed by atoms with E-state index >= 15 is 0 Å². The van der Waals surface area contributed by atoms with Gasteiger partial charge in [0.15, 0.2) is 0 Å². The van der Waals surface area contributed by atoms with E-state index in [1.807, 2.05) is 17.2 Å². The van der Waals surface area contributed by atoms with E-state index in [1.165, 1.54) is 11.3 Å². The van der Waals surface area contributed by atoms with Crippen LogP contribution in [-0.2, 0) is 5.41 Å². The van der Waals surface area contributed by atoms with E-state index in [0.29, 0.717) is 0 Å². The Morgan fingerprint density at radius 3 is 2.90 bits per heavy atom. The van der Waals surface area contributed by atoms with Crippen LogP contribution in [0.2, 0.25) is 0 Å². The largest absolute Gasteiger partial charge is 0.363 e. The minimum atomic E-state index is -0.00688. The Kier molecular flexibility index (Phi) is 3.61. The summed E-state index contributed by atoms with van der Waals surface area (Å²) < 4.78 is 0. The van der Waals surface area contributed by atoms with Crippen molar-refractivity contribution in [2.75, 3.05) is 6.54 Å². The Balaban J connectivity index is 1.83. The zero-order valence-electron chi connectivity index (χ0n) is 12.7. The second-order valence-corrected chi connectivity index (χ2v) is 7.59. The molecule has 1 N–H and O–H groups in total. The second-order valence-electron chi connectivity index (χ2n) is 6.56. The summed E-state index contributed by atoms with van der Waals surface area (Å²) in [5.41, 5.74) is 1.12. The molecule has 0 bridgehead atoms. The topological polar surface area (TPSA) is 49.0 Å². The van der Waals surface area contributed by atoms with Crippen molar-refractivity contribution < 1.29 is 4.79 Å². The van der Waals surface area contributed by atoms with E-state index in [4.69, 9.17) is 0 Å². The first-order valence-electron chi connectivity index (χ1n) is 7.37. The van der Waals surface area contributed by atoms with Gasteiger partial charge in [-0.2, -0.15) is 0 Å². The number of hydrogen-bond acceptors (Lipinski definition) is 3. The molecule has 21 heavy (non-hydrogen) atoms. The van der Waals surface area contributed by atoms with Gasteiger partial charge in [0.05, 0.1) is 17.2 Å². The van der Waals surface area contributed by atoms with Crippen molar-refractivity contribution in [1.29, 1.82) is 0 Å². The lowest BCUT2D eigenvalue weighted by Gasteiger charge is -2.23. The van der Waals surface area contributed by atoms with Gasteiger partial charge in [0.2, 0.25) is 0 Å². The van der Waals surface area contributed by atoms with Crippen molar-refractivity contribution in [2.45, 2.75) is 45.1 Å². The van der Waals surface area contributed by atoms with Gasteiger partial charge >= 0.3 is 0 Å². The monoisotopic (exact) mass is 303 g/mol. The third kappa shape index (κ3) is 2.75. The summed E-state index contributed by atoms with van der Waals surface area (Å²) in [5, 5.41) is 1.02. The van der Waals surface area contributed by atoms with Crippen LogP contribution in [0, 0.1) is 0 Å². The molecule has 1 amide bonds. The number of nitrogens with one attached hydrogen (secondary N) is 1. The van der Waals surface area contributed by atoms with Crippen LogP contribution in [-0.4, -0.2) is 27.3 Å². The molecule has 1 aliphatic heterocycles. The Labute approximate surface area is 129 Å². The highest BCUT2D eigenvalue weighted by atomic mass is 32.1. The van der Waals surface area contributed by atoms with Gasteiger partial charge in [0.25, 0.3) is 5.91 Å². The van der Waals surface area contributed by atoms with Crippen LogP contribution in [0.5, 0.6) is 0 Å². The molecular formula is C16H21N3OS. The highest BCUT2D eigenvalue weighted by molar-refractivity contribution is 7.13. The number of hydrogen-bond donors (Lipinski definition) is 1. The Hall–Kier alpha value is -1.62. The third-order valence-corrected chi connectivity index (χ3v) is 5.26.